The van der Waals surface area contributed by atoms with E-state index in [1.165, 1.54) is 10.4 Å². The molecular formula is C28H28N2O3S. The Bertz CT molecular complexity index is 1340. The van der Waals surface area contributed by atoms with Crippen LogP contribution in [-0.4, -0.2) is 11.8 Å². The number of anilines is 1. The van der Waals surface area contributed by atoms with Crippen LogP contribution in [-0.2, 0) is 37.0 Å². The first-order valence-electron chi connectivity index (χ1n) is 11.9. The van der Waals surface area contributed by atoms with Crippen molar-refractivity contribution in [3.8, 4) is 0 Å². The molecule has 0 saturated carbocycles. The number of hydrogen-bond donors (Lipinski definition) is 2. The van der Waals surface area contributed by atoms with Crippen LogP contribution in [0.25, 0.3) is 11.0 Å². The zero-order chi connectivity index (χ0) is 23.5. The summed E-state index contributed by atoms with van der Waals surface area (Å²) in [6.45, 7) is 2.56. The van der Waals surface area contributed by atoms with Crippen LogP contribution in [0.5, 0.6) is 0 Å². The summed E-state index contributed by atoms with van der Waals surface area (Å²) < 4.78 is 5.66. The fourth-order valence-corrected chi connectivity index (χ4v) is 5.89. The fraction of sp³-hybridized carbons (Fsp3) is 0.286. The lowest BCUT2D eigenvalue weighted by atomic mass is 9.95. The molecule has 0 unspecified atom stereocenters. The minimum absolute atomic E-state index is 0.125. The summed E-state index contributed by atoms with van der Waals surface area (Å²) >= 11 is 1.55. The van der Waals surface area contributed by atoms with Crippen molar-refractivity contribution in [2.45, 2.75) is 52.0 Å². The Labute approximate surface area is 203 Å². The summed E-state index contributed by atoms with van der Waals surface area (Å²) in [5, 5.41) is 7.73. The van der Waals surface area contributed by atoms with E-state index in [9.17, 15) is 9.59 Å². The molecule has 0 atom stereocenters. The molecule has 0 bridgehead atoms. The molecule has 0 radical (unpaired) electrons. The number of furan rings is 1. The van der Waals surface area contributed by atoms with Crippen LogP contribution in [0.1, 0.15) is 57.3 Å². The lowest BCUT2D eigenvalue weighted by Crippen LogP contribution is -2.25. The highest BCUT2D eigenvalue weighted by Gasteiger charge is 2.26. The van der Waals surface area contributed by atoms with Crippen LogP contribution in [0.2, 0.25) is 0 Å². The van der Waals surface area contributed by atoms with Gasteiger partial charge in [-0.25, -0.2) is 0 Å². The van der Waals surface area contributed by atoms with E-state index >= 15 is 0 Å². The van der Waals surface area contributed by atoms with Crippen LogP contribution < -0.4 is 10.6 Å². The van der Waals surface area contributed by atoms with Gasteiger partial charge in [-0.3, -0.25) is 9.59 Å². The first kappa shape index (κ1) is 22.4. The second-order valence-corrected chi connectivity index (χ2v) is 9.86. The molecular weight excluding hydrogens is 444 g/mol. The average Bonchev–Trinajstić information content (AvgIpc) is 3.43. The highest BCUT2D eigenvalue weighted by Crippen LogP contribution is 2.38. The Kier molecular flexibility index (Phi) is 6.50. The van der Waals surface area contributed by atoms with Crippen LogP contribution in [0.4, 0.5) is 5.00 Å². The van der Waals surface area contributed by atoms with Gasteiger partial charge in [0.25, 0.3) is 5.91 Å². The number of amides is 2. The number of carbonyl (C=O) groups excluding carboxylic acids is 2. The zero-order valence-corrected chi connectivity index (χ0v) is 20.1. The van der Waals surface area contributed by atoms with Crippen molar-refractivity contribution in [3.63, 3.8) is 0 Å². The van der Waals surface area contributed by atoms with Crippen LogP contribution in [0.3, 0.4) is 0 Å². The van der Waals surface area contributed by atoms with Crippen molar-refractivity contribution in [2.75, 3.05) is 5.32 Å². The lowest BCUT2D eigenvalue weighted by Gasteiger charge is -2.13. The van der Waals surface area contributed by atoms with E-state index in [-0.39, 0.29) is 18.2 Å². The molecule has 1 aliphatic carbocycles. The molecule has 2 heterocycles. The van der Waals surface area contributed by atoms with Crippen molar-refractivity contribution >= 4 is 39.1 Å². The van der Waals surface area contributed by atoms with E-state index in [1.807, 2.05) is 42.5 Å². The second-order valence-electron chi connectivity index (χ2n) is 8.75. The minimum Gasteiger partial charge on any atom is -0.464 e. The number of aryl methyl sites for hydroxylation is 2. The maximum atomic E-state index is 13.2. The van der Waals surface area contributed by atoms with Crippen molar-refractivity contribution in [2.24, 2.45) is 0 Å². The maximum absolute atomic E-state index is 13.2. The van der Waals surface area contributed by atoms with Crippen molar-refractivity contribution in [1.82, 2.24) is 5.32 Å². The fourth-order valence-electron chi connectivity index (χ4n) is 4.59. The minimum atomic E-state index is -0.139. The number of hydrogen-bond acceptors (Lipinski definition) is 4. The zero-order valence-electron chi connectivity index (χ0n) is 19.3. The van der Waals surface area contributed by atoms with Crippen molar-refractivity contribution < 1.29 is 14.0 Å². The number of fused-ring (bicyclic) bond motifs is 2. The van der Waals surface area contributed by atoms with E-state index in [4.69, 9.17) is 4.42 Å². The number of carbonyl (C=O) groups is 2. The maximum Gasteiger partial charge on any atom is 0.254 e. The average molecular weight is 473 g/mol. The van der Waals surface area contributed by atoms with Crippen LogP contribution in [0.15, 0.2) is 59.2 Å². The molecule has 0 spiro atoms. The van der Waals surface area contributed by atoms with E-state index in [2.05, 4.69) is 23.6 Å². The molecule has 34 heavy (non-hydrogen) atoms. The molecule has 0 aliphatic heterocycles. The molecule has 2 aromatic carbocycles. The van der Waals surface area contributed by atoms with Gasteiger partial charge in [0.2, 0.25) is 5.91 Å². The highest BCUT2D eigenvalue weighted by molar-refractivity contribution is 7.17. The van der Waals surface area contributed by atoms with Crippen LogP contribution in [0, 0.1) is 0 Å². The standard InChI is InChI=1S/C28H28N2O3S/c1-2-18-12-13-23-22(14-18)20(17-33-23)15-25(31)30-28-26(21-10-6-7-11-24(21)34-28)27(32)29-16-19-8-4-3-5-9-19/h3-5,8-9,12-14,17H,2,6-7,10-11,15-16H2,1H3,(H,29,32)(H,30,31). The van der Waals surface area contributed by atoms with Crippen LogP contribution >= 0.6 is 11.3 Å². The lowest BCUT2D eigenvalue weighted by molar-refractivity contribution is -0.115. The van der Waals surface area contributed by atoms with Gasteiger partial charge in [0.05, 0.1) is 18.2 Å². The molecule has 6 heteroatoms. The largest absolute Gasteiger partial charge is 0.464 e. The molecule has 5 nitrogen and oxygen atoms in total. The molecule has 0 fully saturated rings. The van der Waals surface area contributed by atoms with Crippen molar-refractivity contribution in [3.05, 3.63) is 87.5 Å². The Morgan fingerprint density at radius 2 is 1.85 bits per heavy atom. The van der Waals surface area contributed by atoms with Gasteiger partial charge >= 0.3 is 0 Å². The summed E-state index contributed by atoms with van der Waals surface area (Å²) in [6.07, 6.45) is 6.81. The summed E-state index contributed by atoms with van der Waals surface area (Å²) in [4.78, 5) is 27.5. The van der Waals surface area contributed by atoms with Gasteiger partial charge in [-0.05, 0) is 60.9 Å². The Morgan fingerprint density at radius 1 is 1.03 bits per heavy atom. The summed E-state index contributed by atoms with van der Waals surface area (Å²) in [5.41, 5.74) is 5.63. The van der Waals surface area contributed by atoms with Gasteiger partial charge in [0.15, 0.2) is 0 Å². The third kappa shape index (κ3) is 4.64. The molecule has 174 valence electrons. The normalized spacial score (nSPS) is 13.0. The highest BCUT2D eigenvalue weighted by atomic mass is 32.1. The monoisotopic (exact) mass is 472 g/mol. The smallest absolute Gasteiger partial charge is 0.254 e. The molecule has 0 saturated heterocycles. The van der Waals surface area contributed by atoms with E-state index in [1.54, 1.807) is 17.6 Å². The number of benzene rings is 2. The third-order valence-electron chi connectivity index (χ3n) is 6.42. The van der Waals surface area contributed by atoms with Gasteiger partial charge < -0.3 is 15.1 Å². The van der Waals surface area contributed by atoms with Gasteiger partial charge in [-0.2, -0.15) is 0 Å². The predicted octanol–water partition coefficient (Wildman–Crippen LogP) is 6.05. The SMILES string of the molecule is CCc1ccc2occ(CC(=O)Nc3sc4c(c3C(=O)NCc3ccccc3)CCCC4)c2c1. The molecule has 2 N–H and O–H groups in total. The topological polar surface area (TPSA) is 71.3 Å². The molecule has 5 rings (SSSR count). The van der Waals surface area contributed by atoms with Gasteiger partial charge in [0, 0.05) is 22.4 Å². The number of rotatable bonds is 7. The summed E-state index contributed by atoms with van der Waals surface area (Å²) in [6, 6.07) is 16.0. The third-order valence-corrected chi connectivity index (χ3v) is 7.63. The second kappa shape index (κ2) is 9.85. The quantitative estimate of drug-likeness (QED) is 0.344. The number of thiophene rings is 1. The first-order chi connectivity index (χ1) is 16.6. The predicted molar refractivity (Wildman–Crippen MR) is 136 cm³/mol. The van der Waals surface area contributed by atoms with E-state index in [0.717, 1.165) is 59.8 Å². The van der Waals surface area contributed by atoms with Gasteiger partial charge in [-0.15, -0.1) is 11.3 Å². The van der Waals surface area contributed by atoms with Crippen molar-refractivity contribution in [1.29, 1.82) is 0 Å². The summed E-state index contributed by atoms with van der Waals surface area (Å²) in [7, 11) is 0. The molecule has 1 aliphatic rings. The van der Waals surface area contributed by atoms with Gasteiger partial charge in [-0.1, -0.05) is 43.3 Å². The van der Waals surface area contributed by atoms with E-state index in [0.29, 0.717) is 17.1 Å². The first-order valence-corrected chi connectivity index (χ1v) is 12.7. The Morgan fingerprint density at radius 3 is 2.68 bits per heavy atom. The molecule has 2 amide bonds. The van der Waals surface area contributed by atoms with E-state index < -0.39 is 0 Å². The molecule has 4 aromatic rings. The Hall–Kier alpha value is -3.38. The molecule has 2 aromatic heterocycles. The van der Waals surface area contributed by atoms with Gasteiger partial charge in [0.1, 0.15) is 10.6 Å². The summed E-state index contributed by atoms with van der Waals surface area (Å²) in [5.74, 6) is -0.264. The number of nitrogens with one attached hydrogen (secondary N) is 2. The Balaban J connectivity index is 1.36.